The number of benzene rings is 1. The highest BCUT2D eigenvalue weighted by molar-refractivity contribution is 7.80. The summed E-state index contributed by atoms with van der Waals surface area (Å²) in [5.74, 6) is 0.220. The highest BCUT2D eigenvalue weighted by Gasteiger charge is 2.43. The lowest BCUT2D eigenvalue weighted by Gasteiger charge is -2.37. The zero-order valence-corrected chi connectivity index (χ0v) is 20.4. The van der Waals surface area contributed by atoms with Gasteiger partial charge in [0.15, 0.2) is 5.11 Å². The average Bonchev–Trinajstić information content (AvgIpc) is 3.55. The first-order chi connectivity index (χ1) is 17.1. The Bertz CT molecular complexity index is 1040. The summed E-state index contributed by atoms with van der Waals surface area (Å²) in [7, 11) is 0. The average molecular weight is 498 g/mol. The minimum Gasteiger partial charge on any atom is -0.378 e. The van der Waals surface area contributed by atoms with E-state index in [0.717, 1.165) is 17.8 Å². The van der Waals surface area contributed by atoms with Crippen LogP contribution >= 0.6 is 12.2 Å². The molecule has 0 radical (unpaired) electrons. The van der Waals surface area contributed by atoms with E-state index < -0.39 is 0 Å². The number of thiocarbonyl (C=S) groups is 1. The quantitative estimate of drug-likeness (QED) is 0.502. The van der Waals surface area contributed by atoms with E-state index in [4.69, 9.17) is 17.0 Å². The van der Waals surface area contributed by atoms with Gasteiger partial charge < -0.3 is 25.6 Å². The number of amides is 2. The van der Waals surface area contributed by atoms with Crippen LogP contribution in [0.4, 0.5) is 5.69 Å². The molecule has 3 unspecified atom stereocenters. The molecular formula is C24H31N7O3S. The van der Waals surface area contributed by atoms with Crippen molar-refractivity contribution in [3.05, 3.63) is 42.7 Å². The summed E-state index contributed by atoms with van der Waals surface area (Å²) in [6.07, 6.45) is 5.53. The van der Waals surface area contributed by atoms with Gasteiger partial charge in [-0.1, -0.05) is 0 Å². The number of rotatable bonds is 6. The minimum atomic E-state index is -0.194. The summed E-state index contributed by atoms with van der Waals surface area (Å²) in [4.78, 5) is 29.2. The smallest absolute Gasteiger partial charge is 0.237 e. The number of hydrogen-bond acceptors (Lipinski definition) is 6. The van der Waals surface area contributed by atoms with E-state index >= 15 is 0 Å². The van der Waals surface area contributed by atoms with Crippen LogP contribution in [0.2, 0.25) is 0 Å². The SMILES string of the molecule is O=C1NCC(CCC(=O)N2CCOCC2)N2CC(NC(=S)Nc3ccc(-n4cccn4)cc3)CC12. The number of nitrogens with one attached hydrogen (secondary N) is 3. The number of aromatic nitrogens is 2. The molecule has 10 nitrogen and oxygen atoms in total. The first-order valence-electron chi connectivity index (χ1n) is 12.1. The number of morpholine rings is 1. The van der Waals surface area contributed by atoms with Gasteiger partial charge in [0.25, 0.3) is 0 Å². The molecule has 3 N–H and O–H groups in total. The number of ether oxygens (including phenoxy) is 1. The van der Waals surface area contributed by atoms with E-state index in [9.17, 15) is 9.59 Å². The third-order valence-corrected chi connectivity index (χ3v) is 7.13. The second-order valence-corrected chi connectivity index (χ2v) is 9.58. The number of anilines is 1. The monoisotopic (exact) mass is 497 g/mol. The predicted molar refractivity (Wildman–Crippen MR) is 135 cm³/mol. The van der Waals surface area contributed by atoms with Gasteiger partial charge in [-0.15, -0.1) is 0 Å². The minimum absolute atomic E-state index is 0.0538. The van der Waals surface area contributed by atoms with Crippen molar-refractivity contribution < 1.29 is 14.3 Å². The van der Waals surface area contributed by atoms with Gasteiger partial charge in [-0.2, -0.15) is 5.10 Å². The van der Waals surface area contributed by atoms with Crippen molar-refractivity contribution in [1.82, 2.24) is 30.2 Å². The number of hydrogen-bond donors (Lipinski definition) is 3. The standard InChI is InChI=1S/C24H31N7O3S/c32-22(29-10-12-34-13-11-29)7-6-20-15-25-23(33)21-14-18(16-30(20)21)28-24(35)27-17-2-4-19(5-3-17)31-9-1-8-26-31/h1-5,8-9,18,20-21H,6-7,10-16H2,(H,25,33)(H2,27,28,35). The number of nitrogens with zero attached hydrogens (tertiary/aromatic N) is 4. The first-order valence-corrected chi connectivity index (χ1v) is 12.5. The van der Waals surface area contributed by atoms with Crippen LogP contribution in [-0.2, 0) is 14.3 Å². The fraction of sp³-hybridized carbons (Fsp3) is 0.500. The fourth-order valence-corrected chi connectivity index (χ4v) is 5.37. The van der Waals surface area contributed by atoms with Gasteiger partial charge in [0.05, 0.1) is 24.9 Å². The molecule has 4 heterocycles. The van der Waals surface area contributed by atoms with Gasteiger partial charge in [-0.3, -0.25) is 14.5 Å². The van der Waals surface area contributed by atoms with Gasteiger partial charge in [-0.05, 0) is 55.4 Å². The number of piperazine rings is 1. The molecule has 3 fully saturated rings. The van der Waals surface area contributed by atoms with Crippen LogP contribution in [0, 0.1) is 0 Å². The molecule has 2 amide bonds. The summed E-state index contributed by atoms with van der Waals surface area (Å²) in [5, 5.41) is 14.4. The predicted octanol–water partition coefficient (Wildman–Crippen LogP) is 0.739. The van der Waals surface area contributed by atoms with Gasteiger partial charge in [0, 0.05) is 62.8 Å². The molecule has 0 spiro atoms. The van der Waals surface area contributed by atoms with Crippen molar-refractivity contribution in [3.63, 3.8) is 0 Å². The van der Waals surface area contributed by atoms with Gasteiger partial charge in [-0.25, -0.2) is 4.68 Å². The van der Waals surface area contributed by atoms with Crippen molar-refractivity contribution in [3.8, 4) is 5.69 Å². The first kappa shape index (κ1) is 23.7. The van der Waals surface area contributed by atoms with E-state index in [-0.39, 0.29) is 29.9 Å². The Morgan fingerprint density at radius 3 is 2.77 bits per heavy atom. The molecule has 0 aliphatic carbocycles. The van der Waals surface area contributed by atoms with E-state index in [1.165, 1.54) is 0 Å². The van der Waals surface area contributed by atoms with Crippen LogP contribution in [0.1, 0.15) is 19.3 Å². The molecule has 2 aromatic rings. The summed E-state index contributed by atoms with van der Waals surface area (Å²) >= 11 is 5.55. The molecule has 3 saturated heterocycles. The highest BCUT2D eigenvalue weighted by Crippen LogP contribution is 2.26. The maximum atomic E-state index is 12.6. The van der Waals surface area contributed by atoms with Crippen LogP contribution in [0.15, 0.2) is 42.7 Å². The van der Waals surface area contributed by atoms with Crippen molar-refractivity contribution in [2.45, 2.75) is 37.4 Å². The van der Waals surface area contributed by atoms with Crippen LogP contribution in [-0.4, -0.2) is 94.0 Å². The number of carbonyl (C=O) groups is 2. The Hall–Kier alpha value is -3.02. The second-order valence-electron chi connectivity index (χ2n) is 9.17. The fourth-order valence-electron chi connectivity index (χ4n) is 5.08. The van der Waals surface area contributed by atoms with Gasteiger partial charge >= 0.3 is 0 Å². The molecule has 0 bridgehead atoms. The molecule has 1 aromatic heterocycles. The molecule has 3 aliphatic rings. The summed E-state index contributed by atoms with van der Waals surface area (Å²) in [6, 6.07) is 9.75. The maximum Gasteiger partial charge on any atom is 0.237 e. The Morgan fingerprint density at radius 1 is 1.23 bits per heavy atom. The molecule has 1 aromatic carbocycles. The second kappa shape index (κ2) is 10.7. The van der Waals surface area contributed by atoms with Crippen LogP contribution < -0.4 is 16.0 Å². The molecular weight excluding hydrogens is 466 g/mol. The lowest BCUT2D eigenvalue weighted by Crippen LogP contribution is -2.58. The molecule has 186 valence electrons. The Balaban J connectivity index is 1.13. The van der Waals surface area contributed by atoms with E-state index in [0.29, 0.717) is 57.3 Å². The summed E-state index contributed by atoms with van der Waals surface area (Å²) in [6.45, 7) is 3.83. The van der Waals surface area contributed by atoms with Crippen molar-refractivity contribution >= 4 is 34.8 Å². The Labute approximate surface area is 210 Å². The lowest BCUT2D eigenvalue weighted by molar-refractivity contribution is -0.136. The van der Waals surface area contributed by atoms with Crippen LogP contribution in [0.25, 0.3) is 5.69 Å². The molecule has 11 heteroatoms. The lowest BCUT2D eigenvalue weighted by atomic mass is 10.0. The van der Waals surface area contributed by atoms with Gasteiger partial charge in [0.1, 0.15) is 0 Å². The number of fused-ring (bicyclic) bond motifs is 1. The zero-order chi connectivity index (χ0) is 24.2. The van der Waals surface area contributed by atoms with E-state index in [1.54, 1.807) is 10.9 Å². The molecule has 3 aliphatic heterocycles. The van der Waals surface area contributed by atoms with E-state index in [1.807, 2.05) is 41.4 Å². The molecule has 5 rings (SSSR count). The van der Waals surface area contributed by atoms with Crippen LogP contribution in [0.5, 0.6) is 0 Å². The topological polar surface area (TPSA) is 104 Å². The van der Waals surface area contributed by atoms with Crippen molar-refractivity contribution in [1.29, 1.82) is 0 Å². The normalized spacial score (nSPS) is 24.5. The summed E-state index contributed by atoms with van der Waals surface area (Å²) in [5.41, 5.74) is 1.85. The largest absolute Gasteiger partial charge is 0.378 e. The third kappa shape index (κ3) is 5.63. The third-order valence-electron chi connectivity index (χ3n) is 6.91. The molecule has 3 atom stereocenters. The Kier molecular flexibility index (Phi) is 7.26. The molecule has 35 heavy (non-hydrogen) atoms. The maximum absolute atomic E-state index is 12.6. The summed E-state index contributed by atoms with van der Waals surface area (Å²) < 4.78 is 7.14. The Morgan fingerprint density at radius 2 is 2.03 bits per heavy atom. The van der Waals surface area contributed by atoms with Gasteiger partial charge in [0.2, 0.25) is 11.8 Å². The van der Waals surface area contributed by atoms with Crippen molar-refractivity contribution in [2.24, 2.45) is 0 Å². The van der Waals surface area contributed by atoms with E-state index in [2.05, 4.69) is 25.9 Å². The molecule has 0 saturated carbocycles. The van der Waals surface area contributed by atoms with Crippen molar-refractivity contribution in [2.75, 3.05) is 44.7 Å². The van der Waals surface area contributed by atoms with Crippen LogP contribution in [0.3, 0.4) is 0 Å². The zero-order valence-electron chi connectivity index (χ0n) is 19.6. The number of carbonyl (C=O) groups excluding carboxylic acids is 2. The highest BCUT2D eigenvalue weighted by atomic mass is 32.1.